The van der Waals surface area contributed by atoms with E-state index in [4.69, 9.17) is 10.5 Å². The second-order valence-electron chi connectivity index (χ2n) is 6.37. The number of anilines is 1. The van der Waals surface area contributed by atoms with E-state index in [2.05, 4.69) is 5.32 Å². The number of nitrogens with two attached hydrogens (primary N) is 1. The summed E-state index contributed by atoms with van der Waals surface area (Å²) in [7, 11) is 0. The Bertz CT molecular complexity index is 788. The van der Waals surface area contributed by atoms with Crippen molar-refractivity contribution in [1.29, 1.82) is 0 Å². The Kier molecular flexibility index (Phi) is 7.11. The largest absolute Gasteiger partial charge is 0.455 e. The van der Waals surface area contributed by atoms with E-state index >= 15 is 0 Å². The van der Waals surface area contributed by atoms with Crippen molar-refractivity contribution in [1.82, 2.24) is 0 Å². The van der Waals surface area contributed by atoms with Crippen LogP contribution in [-0.4, -0.2) is 24.4 Å². The molecule has 27 heavy (non-hydrogen) atoms. The molecule has 2 aromatic carbocycles. The van der Waals surface area contributed by atoms with Crippen LogP contribution in [0.15, 0.2) is 54.6 Å². The molecule has 0 heterocycles. The quantitative estimate of drug-likeness (QED) is 0.700. The molecule has 0 saturated heterocycles. The van der Waals surface area contributed by atoms with Gasteiger partial charge in [-0.2, -0.15) is 0 Å². The highest BCUT2D eigenvalue weighted by Crippen LogP contribution is 2.28. The predicted molar refractivity (Wildman–Crippen MR) is 103 cm³/mol. The van der Waals surface area contributed by atoms with Gasteiger partial charge >= 0.3 is 5.97 Å². The molecule has 0 unspecified atom stereocenters. The minimum Gasteiger partial charge on any atom is -0.455 e. The maximum Gasteiger partial charge on any atom is 0.314 e. The van der Waals surface area contributed by atoms with E-state index in [1.54, 1.807) is 12.1 Å². The standard InChI is InChI=1S/C21H24N2O4/c1-3-14(2)19(15-7-5-4-6-8-15)21(26)27-13-18(24)23-17-11-9-16(10-12-17)20(22)25/h4-12,14,19H,3,13H2,1-2H3,(H2,22,25)(H,23,24)/t14-,19-/m0/s1. The van der Waals surface area contributed by atoms with Crippen LogP contribution in [0.2, 0.25) is 0 Å². The van der Waals surface area contributed by atoms with E-state index in [0.29, 0.717) is 11.3 Å². The number of nitrogens with one attached hydrogen (secondary N) is 1. The lowest BCUT2D eigenvalue weighted by Gasteiger charge is -2.21. The van der Waals surface area contributed by atoms with E-state index in [0.717, 1.165) is 12.0 Å². The molecule has 3 N–H and O–H groups in total. The van der Waals surface area contributed by atoms with Gasteiger partial charge in [0, 0.05) is 11.3 Å². The molecule has 0 aliphatic rings. The van der Waals surface area contributed by atoms with E-state index in [-0.39, 0.29) is 12.5 Å². The predicted octanol–water partition coefficient (Wildman–Crippen LogP) is 3.10. The number of benzene rings is 2. The normalized spacial score (nSPS) is 12.7. The van der Waals surface area contributed by atoms with Gasteiger partial charge in [0.15, 0.2) is 6.61 Å². The summed E-state index contributed by atoms with van der Waals surface area (Å²) in [5.74, 6) is -1.75. The van der Waals surface area contributed by atoms with Crippen LogP contribution in [0.1, 0.15) is 42.1 Å². The van der Waals surface area contributed by atoms with Gasteiger partial charge in [-0.05, 0) is 35.7 Å². The fourth-order valence-electron chi connectivity index (χ4n) is 2.73. The van der Waals surface area contributed by atoms with Gasteiger partial charge in [-0.1, -0.05) is 50.6 Å². The molecule has 0 aromatic heterocycles. The lowest BCUT2D eigenvalue weighted by molar-refractivity contribution is -0.150. The minimum absolute atomic E-state index is 0.0873. The Labute approximate surface area is 158 Å². The van der Waals surface area contributed by atoms with Crippen molar-refractivity contribution in [3.05, 3.63) is 65.7 Å². The zero-order valence-corrected chi connectivity index (χ0v) is 15.5. The highest BCUT2D eigenvalue weighted by molar-refractivity contribution is 5.95. The van der Waals surface area contributed by atoms with Gasteiger partial charge in [0.1, 0.15) is 0 Å². The summed E-state index contributed by atoms with van der Waals surface area (Å²) in [6.45, 7) is 3.62. The molecule has 2 atom stereocenters. The summed E-state index contributed by atoms with van der Waals surface area (Å²) < 4.78 is 5.25. The van der Waals surface area contributed by atoms with Crippen molar-refractivity contribution in [2.45, 2.75) is 26.2 Å². The van der Waals surface area contributed by atoms with E-state index in [1.807, 2.05) is 44.2 Å². The van der Waals surface area contributed by atoms with Crippen LogP contribution < -0.4 is 11.1 Å². The van der Waals surface area contributed by atoms with Crippen LogP contribution in [0.4, 0.5) is 5.69 Å². The first-order chi connectivity index (χ1) is 12.9. The van der Waals surface area contributed by atoms with Crippen LogP contribution in [0, 0.1) is 5.92 Å². The second kappa shape index (κ2) is 9.52. The third-order valence-electron chi connectivity index (χ3n) is 4.42. The molecule has 2 rings (SSSR count). The smallest absolute Gasteiger partial charge is 0.314 e. The molecule has 0 aliphatic carbocycles. The molecule has 6 heteroatoms. The van der Waals surface area contributed by atoms with Crippen molar-refractivity contribution in [3.63, 3.8) is 0 Å². The summed E-state index contributed by atoms with van der Waals surface area (Å²) in [5, 5.41) is 2.62. The third kappa shape index (κ3) is 5.67. The van der Waals surface area contributed by atoms with Crippen LogP contribution in [0.25, 0.3) is 0 Å². The van der Waals surface area contributed by atoms with Crippen molar-refractivity contribution < 1.29 is 19.1 Å². The average molecular weight is 368 g/mol. The molecule has 2 aromatic rings. The number of primary amides is 1. The maximum atomic E-state index is 12.6. The molecule has 0 spiro atoms. The first kappa shape index (κ1) is 20.2. The number of esters is 1. The Hall–Kier alpha value is -3.15. The molecule has 2 amide bonds. The van der Waals surface area contributed by atoms with Gasteiger partial charge in [-0.15, -0.1) is 0 Å². The fraction of sp³-hybridized carbons (Fsp3) is 0.286. The molecule has 0 saturated carbocycles. The van der Waals surface area contributed by atoms with Crippen molar-refractivity contribution in [2.75, 3.05) is 11.9 Å². The fourth-order valence-corrected chi connectivity index (χ4v) is 2.73. The molecule has 0 aliphatic heterocycles. The number of hydrogen-bond donors (Lipinski definition) is 2. The SMILES string of the molecule is CC[C@H](C)[C@H](C(=O)OCC(=O)Nc1ccc(C(N)=O)cc1)c1ccccc1. The van der Waals surface area contributed by atoms with Crippen molar-refractivity contribution in [3.8, 4) is 0 Å². The Balaban J connectivity index is 1.95. The molecule has 142 valence electrons. The Morgan fingerprint density at radius 3 is 2.22 bits per heavy atom. The molecule has 0 bridgehead atoms. The van der Waals surface area contributed by atoms with Crippen LogP contribution in [0.3, 0.4) is 0 Å². The van der Waals surface area contributed by atoms with Crippen molar-refractivity contribution >= 4 is 23.5 Å². The molecule has 6 nitrogen and oxygen atoms in total. The number of carbonyl (C=O) groups excluding carboxylic acids is 3. The summed E-state index contributed by atoms with van der Waals surface area (Å²) in [6.07, 6.45) is 0.813. The maximum absolute atomic E-state index is 12.6. The average Bonchev–Trinajstić information content (AvgIpc) is 2.67. The van der Waals surface area contributed by atoms with Crippen molar-refractivity contribution in [2.24, 2.45) is 11.7 Å². The summed E-state index contributed by atoms with van der Waals surface area (Å²) in [4.78, 5) is 35.7. The lowest BCUT2D eigenvalue weighted by atomic mass is 9.86. The van der Waals surface area contributed by atoms with Gasteiger partial charge in [0.05, 0.1) is 5.92 Å². The number of carbonyl (C=O) groups is 3. The molecular formula is C21H24N2O4. The third-order valence-corrected chi connectivity index (χ3v) is 4.42. The first-order valence-corrected chi connectivity index (χ1v) is 8.83. The van der Waals surface area contributed by atoms with Crippen LogP contribution in [-0.2, 0) is 14.3 Å². The zero-order valence-electron chi connectivity index (χ0n) is 15.5. The van der Waals surface area contributed by atoms with Gasteiger partial charge < -0.3 is 15.8 Å². The Morgan fingerprint density at radius 2 is 1.67 bits per heavy atom. The lowest BCUT2D eigenvalue weighted by Crippen LogP contribution is -2.27. The van der Waals surface area contributed by atoms with Gasteiger partial charge in [0.2, 0.25) is 5.91 Å². The van der Waals surface area contributed by atoms with Gasteiger partial charge in [0.25, 0.3) is 5.91 Å². The van der Waals surface area contributed by atoms with Gasteiger partial charge in [-0.3, -0.25) is 14.4 Å². The number of amides is 2. The number of rotatable bonds is 8. The minimum atomic E-state index is -0.543. The molecule has 0 fully saturated rings. The van der Waals surface area contributed by atoms with E-state index in [9.17, 15) is 14.4 Å². The molecular weight excluding hydrogens is 344 g/mol. The van der Waals surface area contributed by atoms with E-state index < -0.39 is 23.7 Å². The summed E-state index contributed by atoms with van der Waals surface area (Å²) in [5.41, 5.74) is 6.88. The van der Waals surface area contributed by atoms with Crippen LogP contribution >= 0.6 is 0 Å². The summed E-state index contributed by atoms with van der Waals surface area (Å²) >= 11 is 0. The second-order valence-corrected chi connectivity index (χ2v) is 6.37. The van der Waals surface area contributed by atoms with Crippen LogP contribution in [0.5, 0.6) is 0 Å². The summed E-state index contributed by atoms with van der Waals surface area (Å²) in [6, 6.07) is 15.6. The van der Waals surface area contributed by atoms with E-state index in [1.165, 1.54) is 12.1 Å². The molecule has 0 radical (unpaired) electrons. The zero-order chi connectivity index (χ0) is 19.8. The topological polar surface area (TPSA) is 98.5 Å². The Morgan fingerprint density at radius 1 is 1.04 bits per heavy atom. The first-order valence-electron chi connectivity index (χ1n) is 8.83. The monoisotopic (exact) mass is 368 g/mol. The number of ether oxygens (including phenoxy) is 1. The highest BCUT2D eigenvalue weighted by Gasteiger charge is 2.27. The highest BCUT2D eigenvalue weighted by atomic mass is 16.5. The number of hydrogen-bond acceptors (Lipinski definition) is 4. The van der Waals surface area contributed by atoms with Gasteiger partial charge in [-0.25, -0.2) is 0 Å².